The number of hydrogen-bond acceptors (Lipinski definition) is 3. The summed E-state index contributed by atoms with van der Waals surface area (Å²) in [7, 11) is 3.56. The standard InChI is InChI=1S/C21H24N2O2/c1-23(2)21(24)19-12-11-14(25-19)13-22-20-17-9-5-3-7-15(17)16-8-4-6-10-18(16)20/h3-10,14,19-20,22H,11-13H2,1-2H3/t14-,19-/m0/s1. The number of nitrogens with zero attached hydrogens (tertiary/aromatic N) is 1. The smallest absolute Gasteiger partial charge is 0.251 e. The first-order valence-corrected chi connectivity index (χ1v) is 8.93. The van der Waals surface area contributed by atoms with Gasteiger partial charge in [0.15, 0.2) is 0 Å². The molecule has 0 spiro atoms. The topological polar surface area (TPSA) is 41.6 Å². The third-order valence-corrected chi connectivity index (χ3v) is 5.21. The van der Waals surface area contributed by atoms with E-state index in [4.69, 9.17) is 4.74 Å². The van der Waals surface area contributed by atoms with E-state index >= 15 is 0 Å². The highest BCUT2D eigenvalue weighted by atomic mass is 16.5. The molecule has 1 heterocycles. The van der Waals surface area contributed by atoms with E-state index < -0.39 is 0 Å². The van der Waals surface area contributed by atoms with Gasteiger partial charge in [-0.3, -0.25) is 4.79 Å². The highest BCUT2D eigenvalue weighted by Crippen LogP contribution is 2.43. The zero-order valence-corrected chi connectivity index (χ0v) is 14.7. The lowest BCUT2D eigenvalue weighted by Crippen LogP contribution is -2.35. The summed E-state index contributed by atoms with van der Waals surface area (Å²) in [5.41, 5.74) is 5.26. The number of hydrogen-bond donors (Lipinski definition) is 1. The SMILES string of the molecule is CN(C)C(=O)[C@@H]1CC[C@@H](CNC2c3ccccc3-c3ccccc32)O1. The Morgan fingerprint density at radius 3 is 2.24 bits per heavy atom. The van der Waals surface area contributed by atoms with Crippen molar-refractivity contribution >= 4 is 5.91 Å². The predicted octanol–water partition coefficient (Wildman–Crippen LogP) is 2.98. The maximum Gasteiger partial charge on any atom is 0.251 e. The summed E-state index contributed by atoms with van der Waals surface area (Å²) in [6.45, 7) is 0.755. The number of benzene rings is 2. The van der Waals surface area contributed by atoms with Gasteiger partial charge in [0, 0.05) is 20.6 Å². The lowest BCUT2D eigenvalue weighted by Gasteiger charge is -2.20. The Balaban J connectivity index is 1.46. The summed E-state index contributed by atoms with van der Waals surface area (Å²) >= 11 is 0. The molecule has 4 heteroatoms. The monoisotopic (exact) mass is 336 g/mol. The van der Waals surface area contributed by atoms with Crippen LogP contribution in [0.4, 0.5) is 0 Å². The molecular weight excluding hydrogens is 312 g/mol. The molecule has 4 rings (SSSR count). The average molecular weight is 336 g/mol. The lowest BCUT2D eigenvalue weighted by atomic mass is 10.0. The van der Waals surface area contributed by atoms with Crippen molar-refractivity contribution in [3.05, 3.63) is 59.7 Å². The van der Waals surface area contributed by atoms with Gasteiger partial charge in [0.2, 0.25) is 0 Å². The largest absolute Gasteiger partial charge is 0.364 e. The number of likely N-dealkylation sites (N-methyl/N-ethyl adjacent to an activating group) is 1. The number of carbonyl (C=O) groups excluding carboxylic acids is 1. The van der Waals surface area contributed by atoms with Crippen molar-refractivity contribution in [1.29, 1.82) is 0 Å². The number of nitrogens with one attached hydrogen (secondary N) is 1. The minimum Gasteiger partial charge on any atom is -0.364 e. The Morgan fingerprint density at radius 1 is 1.04 bits per heavy atom. The van der Waals surface area contributed by atoms with E-state index in [1.807, 2.05) is 0 Å². The highest BCUT2D eigenvalue weighted by molar-refractivity contribution is 5.80. The van der Waals surface area contributed by atoms with Gasteiger partial charge in [0.1, 0.15) is 6.10 Å². The van der Waals surface area contributed by atoms with Crippen LogP contribution >= 0.6 is 0 Å². The molecule has 2 atom stereocenters. The molecule has 2 aromatic carbocycles. The van der Waals surface area contributed by atoms with E-state index in [0.717, 1.165) is 19.4 Å². The third kappa shape index (κ3) is 2.96. The summed E-state index contributed by atoms with van der Waals surface area (Å²) in [5.74, 6) is 0.0686. The molecule has 4 nitrogen and oxygen atoms in total. The van der Waals surface area contributed by atoms with Crippen molar-refractivity contribution in [1.82, 2.24) is 10.2 Å². The van der Waals surface area contributed by atoms with E-state index in [0.29, 0.717) is 0 Å². The molecule has 0 bridgehead atoms. The molecule has 0 unspecified atom stereocenters. The zero-order chi connectivity index (χ0) is 17.4. The summed E-state index contributed by atoms with van der Waals surface area (Å²) in [5, 5.41) is 3.67. The minimum atomic E-state index is -0.287. The van der Waals surface area contributed by atoms with Gasteiger partial charge in [-0.2, -0.15) is 0 Å². The first-order valence-electron chi connectivity index (χ1n) is 8.93. The van der Waals surface area contributed by atoms with Gasteiger partial charge in [0.05, 0.1) is 12.1 Å². The van der Waals surface area contributed by atoms with Gasteiger partial charge < -0.3 is 15.0 Å². The molecule has 130 valence electrons. The van der Waals surface area contributed by atoms with Crippen LogP contribution in [0, 0.1) is 0 Å². The van der Waals surface area contributed by atoms with Gasteiger partial charge in [-0.1, -0.05) is 48.5 Å². The van der Waals surface area contributed by atoms with Gasteiger partial charge in [-0.25, -0.2) is 0 Å². The van der Waals surface area contributed by atoms with Crippen molar-refractivity contribution in [3.8, 4) is 11.1 Å². The quantitative estimate of drug-likeness (QED) is 0.933. The first-order chi connectivity index (χ1) is 12.1. The van der Waals surface area contributed by atoms with Gasteiger partial charge in [0.25, 0.3) is 5.91 Å². The Morgan fingerprint density at radius 2 is 1.64 bits per heavy atom. The van der Waals surface area contributed by atoms with Crippen molar-refractivity contribution < 1.29 is 9.53 Å². The molecule has 1 fully saturated rings. The van der Waals surface area contributed by atoms with Crippen molar-refractivity contribution in [2.75, 3.05) is 20.6 Å². The van der Waals surface area contributed by atoms with Crippen LogP contribution in [0.5, 0.6) is 0 Å². The molecule has 2 aromatic rings. The van der Waals surface area contributed by atoms with Crippen LogP contribution < -0.4 is 5.32 Å². The summed E-state index contributed by atoms with van der Waals surface area (Å²) in [6, 6.07) is 17.3. The molecule has 2 aliphatic rings. The zero-order valence-electron chi connectivity index (χ0n) is 14.7. The van der Waals surface area contributed by atoms with Crippen molar-refractivity contribution in [3.63, 3.8) is 0 Å². The Labute approximate surface area is 148 Å². The Kier molecular flexibility index (Phi) is 4.32. The number of amides is 1. The second kappa shape index (κ2) is 6.62. The summed E-state index contributed by atoms with van der Waals surface area (Å²) in [6.07, 6.45) is 1.54. The Bertz CT molecular complexity index is 741. The van der Waals surface area contributed by atoms with Crippen LogP contribution in [0.3, 0.4) is 0 Å². The fraction of sp³-hybridized carbons (Fsp3) is 0.381. The van der Waals surface area contributed by atoms with Gasteiger partial charge >= 0.3 is 0 Å². The second-order valence-electron chi connectivity index (χ2n) is 7.07. The number of fused-ring (bicyclic) bond motifs is 3. The number of ether oxygens (including phenoxy) is 1. The average Bonchev–Trinajstić information content (AvgIpc) is 3.22. The Hall–Kier alpha value is -2.17. The summed E-state index contributed by atoms with van der Waals surface area (Å²) in [4.78, 5) is 13.7. The van der Waals surface area contributed by atoms with E-state index in [1.165, 1.54) is 22.3 Å². The molecule has 0 radical (unpaired) electrons. The lowest BCUT2D eigenvalue weighted by molar-refractivity contribution is -0.140. The van der Waals surface area contributed by atoms with E-state index in [9.17, 15) is 4.79 Å². The fourth-order valence-electron chi connectivity index (χ4n) is 3.95. The third-order valence-electron chi connectivity index (χ3n) is 5.21. The molecule has 1 amide bonds. The van der Waals surface area contributed by atoms with Gasteiger partial charge in [-0.05, 0) is 35.1 Å². The van der Waals surface area contributed by atoms with E-state index in [-0.39, 0.29) is 24.2 Å². The van der Waals surface area contributed by atoms with Crippen LogP contribution in [-0.4, -0.2) is 43.7 Å². The summed E-state index contributed by atoms with van der Waals surface area (Å²) < 4.78 is 5.97. The molecule has 1 saturated heterocycles. The first kappa shape index (κ1) is 16.3. The molecule has 0 saturated carbocycles. The number of rotatable bonds is 4. The van der Waals surface area contributed by atoms with Crippen LogP contribution in [0.2, 0.25) is 0 Å². The molecule has 0 aromatic heterocycles. The maximum atomic E-state index is 12.1. The highest BCUT2D eigenvalue weighted by Gasteiger charge is 2.33. The van der Waals surface area contributed by atoms with E-state index in [1.54, 1.807) is 19.0 Å². The predicted molar refractivity (Wildman–Crippen MR) is 98.3 cm³/mol. The molecule has 1 aliphatic heterocycles. The van der Waals surface area contributed by atoms with Crippen LogP contribution in [0.25, 0.3) is 11.1 Å². The van der Waals surface area contributed by atoms with Crippen LogP contribution in [-0.2, 0) is 9.53 Å². The minimum absolute atomic E-state index is 0.0686. The maximum absolute atomic E-state index is 12.1. The number of carbonyl (C=O) groups is 1. The normalized spacial score (nSPS) is 21.8. The molecule has 1 N–H and O–H groups in total. The van der Waals surface area contributed by atoms with Gasteiger partial charge in [-0.15, -0.1) is 0 Å². The van der Waals surface area contributed by atoms with Crippen LogP contribution in [0.1, 0.15) is 30.0 Å². The van der Waals surface area contributed by atoms with Crippen LogP contribution in [0.15, 0.2) is 48.5 Å². The molecular formula is C21H24N2O2. The van der Waals surface area contributed by atoms with Crippen molar-refractivity contribution in [2.24, 2.45) is 0 Å². The van der Waals surface area contributed by atoms with E-state index in [2.05, 4.69) is 53.8 Å². The fourth-order valence-corrected chi connectivity index (χ4v) is 3.95. The van der Waals surface area contributed by atoms with Crippen molar-refractivity contribution in [2.45, 2.75) is 31.1 Å². The molecule has 1 aliphatic carbocycles. The molecule has 25 heavy (non-hydrogen) atoms. The second-order valence-corrected chi connectivity index (χ2v) is 7.07.